The number of nitrogens with zero attached hydrogens (tertiary/aromatic N) is 4. The van der Waals surface area contributed by atoms with E-state index in [4.69, 9.17) is 35.4 Å². The average molecular weight is 1530 g/mol. The Bertz CT molecular complexity index is 7510. The highest BCUT2D eigenvalue weighted by Gasteiger charge is 2.28. The second-order valence-corrected chi connectivity index (χ2v) is 30.4. The van der Waals surface area contributed by atoms with Crippen molar-refractivity contribution in [3.63, 3.8) is 0 Å². The Morgan fingerprint density at radius 3 is 1.35 bits per heavy atom. The molecule has 21 rings (SSSR count). The molecule has 1 atom stereocenters. The standard InChI is InChI=1S/C113H75N5O2/c1-3-102(83-53-45-77(46-54-83)73-23-8-4-9-24-73)115-110(84-55-47-78(48-56-84)74-25-10-5-11-26-74)114-72(2)93-65-66-99(109-106(93)100-33-16-19-40-104(100)120-109)98-38-22-36-96-94(35-21-37-97(96)98)91-32-20-31-87(70-91)82-43-41-80(42-44-82)81-51-59-86(60-52-81)112-116-111(85-57-49-79(50-58-85)75-27-12-6-13-28-75)117-113(118-112)108-95(67-68-105-107(108)101-34-17-18-39-103(101)119-105)92-64-63-89-69-88(61-62-90(89)71-92)76-29-14-7-15-30-76/h3-71,112H,1-2H2,(H,116,117,118). The van der Waals surface area contributed by atoms with Gasteiger partial charge in [-0.15, -0.1) is 0 Å². The van der Waals surface area contributed by atoms with Gasteiger partial charge in [0.25, 0.3) is 0 Å². The van der Waals surface area contributed by atoms with Gasteiger partial charge in [0.15, 0.2) is 11.7 Å². The lowest BCUT2D eigenvalue weighted by molar-refractivity contribution is 0.668. The fourth-order valence-corrected chi connectivity index (χ4v) is 17.1. The number of aliphatic imine (C=N–C) groups is 4. The Morgan fingerprint density at radius 2 is 0.742 bits per heavy atom. The van der Waals surface area contributed by atoms with Crippen LogP contribution in [0.15, 0.2) is 461 Å². The summed E-state index contributed by atoms with van der Waals surface area (Å²) < 4.78 is 13.7. The molecule has 7 nitrogen and oxygen atoms in total. The Kier molecular flexibility index (Phi) is 18.5. The predicted octanol–water partition coefficient (Wildman–Crippen LogP) is 29.4. The van der Waals surface area contributed by atoms with Crippen LogP contribution in [-0.2, 0) is 0 Å². The van der Waals surface area contributed by atoms with Crippen molar-refractivity contribution in [2.45, 2.75) is 6.17 Å². The van der Waals surface area contributed by atoms with Gasteiger partial charge in [0.05, 0.1) is 11.4 Å². The van der Waals surface area contributed by atoms with Crippen molar-refractivity contribution in [3.8, 4) is 100 Å². The van der Waals surface area contributed by atoms with Crippen LogP contribution in [-0.4, -0.2) is 23.2 Å². The molecule has 0 saturated carbocycles. The number of amidine groups is 3. The zero-order chi connectivity index (χ0) is 80.0. The number of para-hydroxylation sites is 2. The topological polar surface area (TPSA) is 87.8 Å². The van der Waals surface area contributed by atoms with Crippen LogP contribution in [0.3, 0.4) is 0 Å². The van der Waals surface area contributed by atoms with E-state index in [2.05, 4.69) is 382 Å². The van der Waals surface area contributed by atoms with E-state index in [1.54, 1.807) is 6.08 Å². The Hall–Kier alpha value is -16.0. The Morgan fingerprint density at radius 1 is 0.317 bits per heavy atom. The minimum atomic E-state index is -0.496. The van der Waals surface area contributed by atoms with Crippen LogP contribution in [0, 0.1) is 0 Å². The number of rotatable bonds is 17. The molecule has 0 fully saturated rings. The predicted molar refractivity (Wildman–Crippen MR) is 502 cm³/mol. The fourth-order valence-electron chi connectivity index (χ4n) is 17.1. The number of hydrogen-bond donors (Lipinski definition) is 1. The molecular formula is C113H75N5O2. The van der Waals surface area contributed by atoms with Crippen LogP contribution >= 0.6 is 0 Å². The number of fused-ring (bicyclic) bond motifs is 8. The van der Waals surface area contributed by atoms with Gasteiger partial charge in [0, 0.05) is 54.9 Å². The fraction of sp³-hybridized carbons (Fsp3) is 0.00885. The maximum atomic E-state index is 7.01. The molecule has 20 aromatic rings. The first-order chi connectivity index (χ1) is 59.3. The lowest BCUT2D eigenvalue weighted by atomic mass is 9.90. The molecule has 0 spiro atoms. The number of allylic oxidation sites excluding steroid dienone is 1. The zero-order valence-electron chi connectivity index (χ0n) is 65.4. The summed E-state index contributed by atoms with van der Waals surface area (Å²) in [5, 5.41) is 12.2. The van der Waals surface area contributed by atoms with Gasteiger partial charge in [-0.1, -0.05) is 377 Å². The maximum absolute atomic E-state index is 7.01. The van der Waals surface area contributed by atoms with E-state index in [0.29, 0.717) is 23.1 Å². The van der Waals surface area contributed by atoms with Crippen LogP contribution in [0.25, 0.3) is 171 Å². The van der Waals surface area contributed by atoms with Crippen LogP contribution in [0.2, 0.25) is 0 Å². The third kappa shape index (κ3) is 13.7. The first kappa shape index (κ1) is 71.8. The number of furan rings is 2. The zero-order valence-corrected chi connectivity index (χ0v) is 65.4. The van der Waals surface area contributed by atoms with E-state index in [0.717, 1.165) is 194 Å². The van der Waals surface area contributed by atoms with Gasteiger partial charge in [-0.3, -0.25) is 0 Å². The third-order valence-electron chi connectivity index (χ3n) is 23.2. The molecule has 18 aromatic carbocycles. The second kappa shape index (κ2) is 31.0. The van der Waals surface area contributed by atoms with Crippen molar-refractivity contribution in [1.82, 2.24) is 5.32 Å². The summed E-state index contributed by atoms with van der Waals surface area (Å²) in [7, 11) is 0. The van der Waals surface area contributed by atoms with E-state index in [1.807, 2.05) is 42.5 Å². The highest BCUT2D eigenvalue weighted by atomic mass is 16.3. The number of nitrogens with one attached hydrogen (secondary N) is 1. The maximum Gasteiger partial charge on any atom is 0.160 e. The van der Waals surface area contributed by atoms with Crippen LogP contribution < -0.4 is 5.32 Å². The van der Waals surface area contributed by atoms with Gasteiger partial charge in [-0.2, -0.15) is 0 Å². The molecule has 1 unspecified atom stereocenters. The van der Waals surface area contributed by atoms with Crippen LogP contribution in [0.5, 0.6) is 0 Å². The van der Waals surface area contributed by atoms with E-state index in [9.17, 15) is 0 Å². The Balaban J connectivity index is 0.589. The van der Waals surface area contributed by atoms with Gasteiger partial charge in [-0.05, 0) is 176 Å². The smallest absolute Gasteiger partial charge is 0.160 e. The van der Waals surface area contributed by atoms with Crippen molar-refractivity contribution in [2.24, 2.45) is 20.0 Å². The SMILES string of the molecule is C=CC(=NC(=NC(=C)c1ccc(-c2cccc3c(-c4cccc(-c5ccc(-c6ccc(C7N=C(c8c(-c9ccc%10cc(-c%11ccccc%11)ccc%10c9)ccc9oc%10ccccc%10c89)N=C(c8ccc(-c9ccccc9)cc8)N7)cc6)cc5)c4)cccc23)c2oc3ccccc3c12)c1ccc(-c2ccccc2)cc1)c1ccc(-c2ccccc2)cc1. The molecule has 2 aromatic heterocycles. The lowest BCUT2D eigenvalue weighted by Gasteiger charge is -2.25. The second-order valence-electron chi connectivity index (χ2n) is 30.4. The number of hydrogen-bond acceptors (Lipinski definition) is 6. The molecule has 3 heterocycles. The van der Waals surface area contributed by atoms with Gasteiger partial charge in [-0.25, -0.2) is 20.0 Å². The van der Waals surface area contributed by atoms with Gasteiger partial charge in [0.1, 0.15) is 34.3 Å². The van der Waals surface area contributed by atoms with Crippen molar-refractivity contribution >= 4 is 94.3 Å². The molecule has 120 heavy (non-hydrogen) atoms. The summed E-state index contributed by atoms with van der Waals surface area (Å²) in [5.74, 6) is 1.84. The van der Waals surface area contributed by atoms with E-state index < -0.39 is 6.17 Å². The molecule has 7 heteroatoms. The van der Waals surface area contributed by atoms with E-state index in [1.165, 1.54) is 11.1 Å². The van der Waals surface area contributed by atoms with Crippen LogP contribution in [0.1, 0.15) is 39.5 Å². The molecule has 0 radical (unpaired) electrons. The van der Waals surface area contributed by atoms with Gasteiger partial charge in [0.2, 0.25) is 0 Å². The first-order valence-corrected chi connectivity index (χ1v) is 40.5. The molecule has 1 aliphatic rings. The van der Waals surface area contributed by atoms with E-state index in [-0.39, 0.29) is 0 Å². The van der Waals surface area contributed by atoms with Crippen molar-refractivity contribution < 1.29 is 8.83 Å². The average Bonchev–Trinajstić information content (AvgIpc) is 1.61. The molecule has 564 valence electrons. The molecule has 1 N–H and O–H groups in total. The van der Waals surface area contributed by atoms with Crippen molar-refractivity contribution in [2.75, 3.05) is 0 Å². The van der Waals surface area contributed by atoms with Crippen molar-refractivity contribution in [3.05, 3.63) is 465 Å². The molecule has 1 aliphatic heterocycles. The summed E-state index contributed by atoms with van der Waals surface area (Å²) >= 11 is 0. The summed E-state index contributed by atoms with van der Waals surface area (Å²) in [6.45, 7) is 8.98. The minimum absolute atomic E-state index is 0.496. The third-order valence-corrected chi connectivity index (χ3v) is 23.2. The first-order valence-electron chi connectivity index (χ1n) is 40.5. The molecule has 0 saturated heterocycles. The summed E-state index contributed by atoms with van der Waals surface area (Å²) in [6.07, 6.45) is 1.30. The number of benzene rings is 18. The Labute approximate surface area is 695 Å². The van der Waals surface area contributed by atoms with Crippen molar-refractivity contribution in [1.29, 1.82) is 0 Å². The molecule has 0 bridgehead atoms. The normalized spacial score (nSPS) is 13.1. The van der Waals surface area contributed by atoms with Crippen LogP contribution in [0.4, 0.5) is 0 Å². The van der Waals surface area contributed by atoms with E-state index >= 15 is 0 Å². The largest absolute Gasteiger partial charge is 0.456 e. The molecular weight excluding hydrogens is 1460 g/mol. The molecule has 0 aliphatic carbocycles. The van der Waals surface area contributed by atoms with Gasteiger partial charge >= 0.3 is 0 Å². The highest BCUT2D eigenvalue weighted by Crippen LogP contribution is 2.46. The summed E-state index contributed by atoms with van der Waals surface area (Å²) in [6, 6.07) is 146. The monoisotopic (exact) mass is 1530 g/mol. The van der Waals surface area contributed by atoms with Gasteiger partial charge < -0.3 is 14.2 Å². The molecule has 0 amide bonds. The summed E-state index contributed by atoms with van der Waals surface area (Å²) in [5.41, 5.74) is 29.7. The lowest BCUT2D eigenvalue weighted by Crippen LogP contribution is -2.33. The quantitative estimate of drug-likeness (QED) is 0.0728. The highest BCUT2D eigenvalue weighted by molar-refractivity contribution is 6.26. The minimum Gasteiger partial charge on any atom is -0.456 e. The summed E-state index contributed by atoms with van der Waals surface area (Å²) in [4.78, 5) is 21.9.